The molecule has 6 heteroatoms. The Labute approximate surface area is 123 Å². The van der Waals surface area contributed by atoms with Gasteiger partial charge in [-0.15, -0.1) is 0 Å². The van der Waals surface area contributed by atoms with E-state index in [1.165, 1.54) is 0 Å². The Hall–Kier alpha value is -1.75. The maximum atomic E-state index is 11.7. The maximum Gasteiger partial charge on any atom is 0.224 e. The summed E-state index contributed by atoms with van der Waals surface area (Å²) in [6.07, 6.45) is 1.05. The second-order valence-corrected chi connectivity index (χ2v) is 4.60. The number of halogens is 1. The predicted molar refractivity (Wildman–Crippen MR) is 76.4 cm³/mol. The average molecular weight is 300 g/mol. The van der Waals surface area contributed by atoms with Crippen LogP contribution in [-0.2, 0) is 16.0 Å². The van der Waals surface area contributed by atoms with Gasteiger partial charge in [-0.1, -0.05) is 6.07 Å². The van der Waals surface area contributed by atoms with Crippen molar-refractivity contribution in [2.75, 3.05) is 20.8 Å². The number of nitrogens with one attached hydrogen (secondary N) is 1. The highest BCUT2D eigenvalue weighted by Crippen LogP contribution is 2.27. The van der Waals surface area contributed by atoms with E-state index < -0.39 is 0 Å². The van der Waals surface area contributed by atoms with Gasteiger partial charge in [0.05, 0.1) is 20.6 Å². The van der Waals surface area contributed by atoms with Crippen LogP contribution in [0.5, 0.6) is 11.5 Å². The molecule has 0 saturated carbocycles. The van der Waals surface area contributed by atoms with Crippen molar-refractivity contribution in [1.82, 2.24) is 5.32 Å². The van der Waals surface area contributed by atoms with Gasteiger partial charge in [-0.3, -0.25) is 9.59 Å². The lowest BCUT2D eigenvalue weighted by atomic mass is 10.1. The zero-order valence-electron chi connectivity index (χ0n) is 11.6. The first-order chi connectivity index (χ1) is 9.56. The number of amides is 1. The number of benzene rings is 1. The summed E-state index contributed by atoms with van der Waals surface area (Å²) in [5, 5.41) is 2.34. The Bertz CT molecular complexity index is 476. The van der Waals surface area contributed by atoms with Gasteiger partial charge in [0, 0.05) is 13.0 Å². The van der Waals surface area contributed by atoms with Crippen molar-refractivity contribution in [2.24, 2.45) is 0 Å². The van der Waals surface area contributed by atoms with Gasteiger partial charge in [0.25, 0.3) is 0 Å². The van der Waals surface area contributed by atoms with Crippen molar-refractivity contribution in [3.05, 3.63) is 23.8 Å². The zero-order valence-corrected chi connectivity index (χ0v) is 12.3. The second-order valence-electron chi connectivity index (χ2n) is 4.17. The third-order valence-corrected chi connectivity index (χ3v) is 2.87. The predicted octanol–water partition coefficient (Wildman–Crippen LogP) is 1.91. The molecule has 0 aliphatic carbocycles. The topological polar surface area (TPSA) is 64.6 Å². The van der Waals surface area contributed by atoms with Crippen LogP contribution in [0.1, 0.15) is 18.4 Å². The van der Waals surface area contributed by atoms with E-state index in [1.807, 2.05) is 6.07 Å². The van der Waals surface area contributed by atoms with E-state index in [4.69, 9.17) is 21.1 Å². The molecule has 0 unspecified atom stereocenters. The third kappa shape index (κ3) is 5.48. The summed E-state index contributed by atoms with van der Waals surface area (Å²) in [4.78, 5) is 22.2. The summed E-state index contributed by atoms with van der Waals surface area (Å²) in [5.74, 6) is 1.10. The van der Waals surface area contributed by atoms with Crippen molar-refractivity contribution in [3.8, 4) is 11.5 Å². The highest BCUT2D eigenvalue weighted by Gasteiger charge is 2.08. The van der Waals surface area contributed by atoms with E-state index in [-0.39, 0.29) is 24.0 Å². The van der Waals surface area contributed by atoms with Crippen LogP contribution in [-0.4, -0.2) is 31.9 Å². The molecule has 1 aromatic rings. The number of ether oxygens (including phenoxy) is 2. The first kappa shape index (κ1) is 16.3. The van der Waals surface area contributed by atoms with Crippen LogP contribution in [0.2, 0.25) is 0 Å². The average Bonchev–Trinajstić information content (AvgIpc) is 2.43. The van der Waals surface area contributed by atoms with E-state index in [0.717, 1.165) is 5.56 Å². The van der Waals surface area contributed by atoms with Crippen molar-refractivity contribution >= 4 is 22.8 Å². The monoisotopic (exact) mass is 299 g/mol. The van der Waals surface area contributed by atoms with E-state index in [9.17, 15) is 9.59 Å². The highest BCUT2D eigenvalue weighted by atomic mass is 35.5. The van der Waals surface area contributed by atoms with E-state index in [1.54, 1.807) is 26.4 Å². The lowest BCUT2D eigenvalue weighted by molar-refractivity contribution is -0.120. The van der Waals surface area contributed by atoms with Crippen molar-refractivity contribution in [3.63, 3.8) is 0 Å². The maximum absolute atomic E-state index is 11.7. The van der Waals surface area contributed by atoms with E-state index >= 15 is 0 Å². The van der Waals surface area contributed by atoms with Crippen LogP contribution in [0.25, 0.3) is 0 Å². The molecule has 0 spiro atoms. The molecular formula is C14H18ClNO4. The molecule has 20 heavy (non-hydrogen) atoms. The molecule has 0 aliphatic rings. The molecule has 0 bridgehead atoms. The molecule has 5 nitrogen and oxygen atoms in total. The zero-order chi connectivity index (χ0) is 15.0. The molecular weight excluding hydrogens is 282 g/mol. The Morgan fingerprint density at radius 2 is 1.90 bits per heavy atom. The normalized spacial score (nSPS) is 9.95. The number of rotatable bonds is 8. The van der Waals surface area contributed by atoms with Crippen LogP contribution in [0.4, 0.5) is 0 Å². The van der Waals surface area contributed by atoms with Gasteiger partial charge < -0.3 is 14.8 Å². The molecule has 0 saturated heterocycles. The summed E-state index contributed by atoms with van der Waals surface area (Å²) in [6.45, 7) is 0.435. The summed E-state index contributed by atoms with van der Waals surface area (Å²) >= 11 is 5.21. The number of hydrogen-bond acceptors (Lipinski definition) is 4. The molecule has 1 rings (SSSR count). The number of carbonyl (C=O) groups excluding carboxylic acids is 2. The highest BCUT2D eigenvalue weighted by molar-refractivity contribution is 6.63. The van der Waals surface area contributed by atoms with Gasteiger partial charge >= 0.3 is 0 Å². The minimum absolute atomic E-state index is 0.112. The van der Waals surface area contributed by atoms with Crippen LogP contribution in [0.15, 0.2) is 18.2 Å². The molecule has 0 aliphatic heterocycles. The van der Waals surface area contributed by atoms with Crippen molar-refractivity contribution < 1.29 is 19.1 Å². The number of hydrogen-bond donors (Lipinski definition) is 1. The first-order valence-corrected chi connectivity index (χ1v) is 6.60. The molecule has 0 aromatic heterocycles. The summed E-state index contributed by atoms with van der Waals surface area (Å²) in [6, 6.07) is 5.33. The summed E-state index contributed by atoms with van der Waals surface area (Å²) in [7, 11) is 3.10. The standard InChI is InChI=1S/C14H18ClNO4/c1-19-11-6-5-10(8-12(11)20-2)9-14(18)16-7-3-4-13(15)17/h5-6,8H,3-4,7,9H2,1-2H3,(H,16,18). The minimum Gasteiger partial charge on any atom is -0.493 e. The number of carbonyl (C=O) groups is 2. The Balaban J connectivity index is 2.47. The first-order valence-electron chi connectivity index (χ1n) is 6.22. The molecule has 1 aromatic carbocycles. The van der Waals surface area contributed by atoms with Gasteiger partial charge in [0.1, 0.15) is 0 Å². The summed E-state index contributed by atoms with van der Waals surface area (Å²) < 4.78 is 10.3. The van der Waals surface area contributed by atoms with Gasteiger partial charge in [0.15, 0.2) is 11.5 Å². The SMILES string of the molecule is COc1ccc(CC(=O)NCCCC(=O)Cl)cc1OC. The van der Waals surface area contributed by atoms with Crippen molar-refractivity contribution in [1.29, 1.82) is 0 Å². The molecule has 110 valence electrons. The fraction of sp³-hybridized carbons (Fsp3) is 0.429. The Kier molecular flexibility index (Phi) is 6.87. The van der Waals surface area contributed by atoms with Crippen LogP contribution >= 0.6 is 11.6 Å². The van der Waals surface area contributed by atoms with E-state index in [0.29, 0.717) is 24.5 Å². The fourth-order valence-electron chi connectivity index (χ4n) is 1.69. The van der Waals surface area contributed by atoms with Gasteiger partial charge in [0.2, 0.25) is 11.1 Å². The van der Waals surface area contributed by atoms with Gasteiger partial charge in [-0.25, -0.2) is 0 Å². The van der Waals surface area contributed by atoms with Gasteiger partial charge in [-0.2, -0.15) is 0 Å². The Morgan fingerprint density at radius 3 is 2.50 bits per heavy atom. The number of methoxy groups -OCH3 is 2. The molecule has 0 radical (unpaired) electrons. The molecule has 1 N–H and O–H groups in total. The largest absolute Gasteiger partial charge is 0.493 e. The lowest BCUT2D eigenvalue weighted by Crippen LogP contribution is -2.26. The fourth-order valence-corrected chi connectivity index (χ4v) is 1.83. The van der Waals surface area contributed by atoms with E-state index in [2.05, 4.69) is 5.32 Å². The van der Waals surface area contributed by atoms with Crippen LogP contribution < -0.4 is 14.8 Å². The molecule has 0 heterocycles. The Morgan fingerprint density at radius 1 is 1.20 bits per heavy atom. The van der Waals surface area contributed by atoms with Crippen molar-refractivity contribution in [2.45, 2.75) is 19.3 Å². The lowest BCUT2D eigenvalue weighted by Gasteiger charge is -2.09. The van der Waals surface area contributed by atoms with Gasteiger partial charge in [-0.05, 0) is 35.7 Å². The quantitative estimate of drug-likeness (QED) is 0.588. The second kappa shape index (κ2) is 8.43. The van der Waals surface area contributed by atoms with Crippen LogP contribution in [0.3, 0.4) is 0 Å². The smallest absolute Gasteiger partial charge is 0.224 e. The molecule has 0 atom stereocenters. The molecule has 0 fully saturated rings. The molecule has 1 amide bonds. The van der Waals surface area contributed by atoms with Crippen LogP contribution in [0, 0.1) is 0 Å². The summed E-state index contributed by atoms with van der Waals surface area (Å²) in [5.41, 5.74) is 0.827. The third-order valence-electron chi connectivity index (χ3n) is 2.68. The minimum atomic E-state index is -0.390.